The highest BCUT2D eigenvalue weighted by Gasteiger charge is 2.09. The van der Waals surface area contributed by atoms with Gasteiger partial charge in [-0.15, -0.1) is 0 Å². The summed E-state index contributed by atoms with van der Waals surface area (Å²) in [5, 5.41) is 12.6. The van der Waals surface area contributed by atoms with Gasteiger partial charge in [-0.05, 0) is 30.7 Å². The van der Waals surface area contributed by atoms with Crippen LogP contribution in [0.15, 0.2) is 41.4 Å². The van der Waals surface area contributed by atoms with E-state index < -0.39 is 10.0 Å². The first-order valence-electron chi connectivity index (χ1n) is 6.71. The Balaban J connectivity index is 1.91. The largest absolute Gasteiger partial charge is 0.310 e. The van der Waals surface area contributed by atoms with E-state index in [1.165, 1.54) is 17.8 Å². The molecule has 114 valence electrons. The van der Waals surface area contributed by atoms with Gasteiger partial charge in [-0.1, -0.05) is 12.1 Å². The number of aromatic nitrogens is 2. The summed E-state index contributed by atoms with van der Waals surface area (Å²) in [6.07, 6.45) is 2.67. The van der Waals surface area contributed by atoms with Gasteiger partial charge in [0.25, 0.3) is 0 Å². The summed E-state index contributed by atoms with van der Waals surface area (Å²) in [4.78, 5) is 0.133. The van der Waals surface area contributed by atoms with Crippen LogP contribution in [0.5, 0.6) is 0 Å². The summed E-state index contributed by atoms with van der Waals surface area (Å²) in [5.41, 5.74) is 2.19. The van der Waals surface area contributed by atoms with Crippen LogP contribution in [0.4, 0.5) is 0 Å². The lowest BCUT2D eigenvalue weighted by molar-refractivity contribution is 0.563. The van der Waals surface area contributed by atoms with Crippen LogP contribution in [0.25, 0.3) is 0 Å². The number of hydrogen-bond acceptors (Lipinski definition) is 4. The third-order valence-corrected chi connectivity index (χ3v) is 4.39. The van der Waals surface area contributed by atoms with E-state index in [2.05, 4.69) is 10.4 Å². The number of benzene rings is 1. The van der Waals surface area contributed by atoms with Crippen LogP contribution in [0, 0.1) is 0 Å². The van der Waals surface area contributed by atoms with Crippen molar-refractivity contribution < 1.29 is 8.42 Å². The summed E-state index contributed by atoms with van der Waals surface area (Å²) in [6.45, 7) is 2.85. The highest BCUT2D eigenvalue weighted by molar-refractivity contribution is 7.89. The zero-order valence-electron chi connectivity index (χ0n) is 12.2. The molecule has 0 spiro atoms. The van der Waals surface area contributed by atoms with E-state index in [1.807, 2.05) is 24.7 Å². The van der Waals surface area contributed by atoms with Crippen LogP contribution in [-0.2, 0) is 23.5 Å². The van der Waals surface area contributed by atoms with E-state index in [0.29, 0.717) is 0 Å². The lowest BCUT2D eigenvalue weighted by Crippen LogP contribution is -2.22. The maximum Gasteiger partial charge on any atom is 0.238 e. The number of aryl methyl sites for hydroxylation is 1. The molecular formula is C14H20N4O2S. The van der Waals surface area contributed by atoms with Crippen LogP contribution < -0.4 is 10.5 Å². The highest BCUT2D eigenvalue weighted by atomic mass is 32.2. The van der Waals surface area contributed by atoms with E-state index in [0.717, 1.165) is 18.5 Å². The van der Waals surface area contributed by atoms with Crippen molar-refractivity contribution in [2.75, 3.05) is 6.54 Å². The molecule has 2 rings (SSSR count). The van der Waals surface area contributed by atoms with E-state index >= 15 is 0 Å². The first-order chi connectivity index (χ1) is 9.88. The predicted molar refractivity (Wildman–Crippen MR) is 81.1 cm³/mol. The topological polar surface area (TPSA) is 90.0 Å². The fourth-order valence-electron chi connectivity index (χ4n) is 2.13. The SMILES string of the molecule is CC(NCCc1ccnn1C)c1ccc(S(N)(=O)=O)cc1. The Hall–Kier alpha value is -1.70. The van der Waals surface area contributed by atoms with Crippen molar-refractivity contribution in [3.63, 3.8) is 0 Å². The molecule has 0 saturated heterocycles. The quantitative estimate of drug-likeness (QED) is 0.831. The minimum atomic E-state index is -3.63. The van der Waals surface area contributed by atoms with E-state index in [4.69, 9.17) is 5.14 Å². The Kier molecular flexibility index (Phi) is 4.76. The van der Waals surface area contributed by atoms with Crippen LogP contribution >= 0.6 is 0 Å². The smallest absolute Gasteiger partial charge is 0.238 e. The zero-order valence-corrected chi connectivity index (χ0v) is 13.0. The van der Waals surface area contributed by atoms with Crippen molar-refractivity contribution in [1.29, 1.82) is 0 Å². The number of primary sulfonamides is 1. The molecule has 1 atom stereocenters. The number of nitrogens with zero attached hydrogens (tertiary/aromatic N) is 2. The van der Waals surface area contributed by atoms with Crippen molar-refractivity contribution in [3.05, 3.63) is 47.8 Å². The lowest BCUT2D eigenvalue weighted by atomic mass is 10.1. The molecule has 1 heterocycles. The van der Waals surface area contributed by atoms with Crippen molar-refractivity contribution >= 4 is 10.0 Å². The van der Waals surface area contributed by atoms with Gasteiger partial charge in [0.15, 0.2) is 0 Å². The van der Waals surface area contributed by atoms with Gasteiger partial charge in [0.05, 0.1) is 4.90 Å². The summed E-state index contributed by atoms with van der Waals surface area (Å²) >= 11 is 0. The van der Waals surface area contributed by atoms with Crippen molar-refractivity contribution in [1.82, 2.24) is 15.1 Å². The molecule has 0 fully saturated rings. The Morgan fingerprint density at radius 3 is 2.48 bits per heavy atom. The molecule has 3 N–H and O–H groups in total. The van der Waals surface area contributed by atoms with Crippen molar-refractivity contribution in [2.24, 2.45) is 12.2 Å². The third kappa shape index (κ3) is 4.13. The molecule has 0 amide bonds. The molecule has 6 nitrogen and oxygen atoms in total. The second kappa shape index (κ2) is 6.38. The molecule has 1 aromatic carbocycles. The molecular weight excluding hydrogens is 288 g/mol. The second-order valence-electron chi connectivity index (χ2n) is 4.99. The van der Waals surface area contributed by atoms with Gasteiger partial charge in [-0.25, -0.2) is 13.6 Å². The van der Waals surface area contributed by atoms with Gasteiger partial charge in [0, 0.05) is 37.9 Å². The molecule has 0 saturated carbocycles. The summed E-state index contributed by atoms with van der Waals surface area (Å²) in [5.74, 6) is 0. The Labute approximate surface area is 125 Å². The maximum atomic E-state index is 11.2. The predicted octanol–water partition coefficient (Wildman–Crippen LogP) is 0.961. The van der Waals surface area contributed by atoms with E-state index in [9.17, 15) is 8.42 Å². The van der Waals surface area contributed by atoms with Gasteiger partial charge >= 0.3 is 0 Å². The first-order valence-corrected chi connectivity index (χ1v) is 8.25. The zero-order chi connectivity index (χ0) is 15.5. The summed E-state index contributed by atoms with van der Waals surface area (Å²) in [6, 6.07) is 8.75. The Morgan fingerprint density at radius 2 is 1.95 bits per heavy atom. The molecule has 0 radical (unpaired) electrons. The Bertz CT molecular complexity index is 692. The number of sulfonamides is 1. The van der Waals surface area contributed by atoms with Crippen molar-refractivity contribution in [3.8, 4) is 0 Å². The molecule has 21 heavy (non-hydrogen) atoms. The highest BCUT2D eigenvalue weighted by Crippen LogP contribution is 2.15. The molecule has 7 heteroatoms. The summed E-state index contributed by atoms with van der Waals surface area (Å²) in [7, 11) is -1.71. The molecule has 1 aromatic heterocycles. The van der Waals surface area contributed by atoms with Gasteiger partial charge in [-0.3, -0.25) is 4.68 Å². The number of rotatable bonds is 6. The minimum absolute atomic E-state index is 0.132. The number of nitrogens with two attached hydrogens (primary N) is 1. The van der Waals surface area contributed by atoms with Crippen LogP contribution in [0.1, 0.15) is 24.2 Å². The first kappa shape index (κ1) is 15.7. The van der Waals surface area contributed by atoms with Gasteiger partial charge < -0.3 is 5.32 Å². The minimum Gasteiger partial charge on any atom is -0.310 e. The van der Waals surface area contributed by atoms with E-state index in [1.54, 1.807) is 18.3 Å². The Morgan fingerprint density at radius 1 is 1.29 bits per heavy atom. The normalized spacial score (nSPS) is 13.3. The van der Waals surface area contributed by atoms with Gasteiger partial charge in [0.2, 0.25) is 10.0 Å². The summed E-state index contributed by atoms with van der Waals surface area (Å²) < 4.78 is 24.3. The average Bonchev–Trinajstić information content (AvgIpc) is 2.83. The van der Waals surface area contributed by atoms with Gasteiger partial charge in [0.1, 0.15) is 0 Å². The molecule has 0 aliphatic rings. The molecule has 1 unspecified atom stereocenters. The molecule has 0 aliphatic heterocycles. The van der Waals surface area contributed by atoms with Gasteiger partial charge in [-0.2, -0.15) is 5.10 Å². The maximum absolute atomic E-state index is 11.2. The lowest BCUT2D eigenvalue weighted by Gasteiger charge is -2.14. The molecule has 0 aliphatic carbocycles. The number of hydrogen-bond donors (Lipinski definition) is 2. The van der Waals surface area contributed by atoms with Crippen molar-refractivity contribution in [2.45, 2.75) is 24.3 Å². The fourth-order valence-corrected chi connectivity index (χ4v) is 2.64. The molecule has 2 aromatic rings. The monoisotopic (exact) mass is 308 g/mol. The average molecular weight is 308 g/mol. The van der Waals surface area contributed by atoms with Crippen LogP contribution in [0.3, 0.4) is 0 Å². The standard InChI is InChI=1S/C14H20N4O2S/c1-11(16-9-7-13-8-10-17-18(13)2)12-3-5-14(6-4-12)21(15,19)20/h3-6,8,10-11,16H,7,9H2,1-2H3,(H2,15,19,20). The van der Waals surface area contributed by atoms with Crippen LogP contribution in [0.2, 0.25) is 0 Å². The number of nitrogens with one attached hydrogen (secondary N) is 1. The van der Waals surface area contributed by atoms with E-state index in [-0.39, 0.29) is 10.9 Å². The second-order valence-corrected chi connectivity index (χ2v) is 6.55. The third-order valence-electron chi connectivity index (χ3n) is 3.46. The molecule has 0 bridgehead atoms. The fraction of sp³-hybridized carbons (Fsp3) is 0.357. The van der Waals surface area contributed by atoms with Crippen LogP contribution in [-0.4, -0.2) is 24.7 Å².